The van der Waals surface area contributed by atoms with Crippen molar-refractivity contribution in [1.29, 1.82) is 5.26 Å². The summed E-state index contributed by atoms with van der Waals surface area (Å²) in [6.07, 6.45) is 1.46. The van der Waals surface area contributed by atoms with Gasteiger partial charge < -0.3 is 9.47 Å². The average molecular weight is 494 g/mol. The maximum absolute atomic E-state index is 9.96. The van der Waals surface area contributed by atoms with Gasteiger partial charge in [-0.2, -0.15) is 5.26 Å². The predicted octanol–water partition coefficient (Wildman–Crippen LogP) is 5.68. The SMILES string of the molecule is COc1cccc(-c2nnc3ccc4cc(Sc5cccc(C6(C#N)CCOCC6)c5)ccc4n23)n1. The molecule has 0 N–H and O–H groups in total. The van der Waals surface area contributed by atoms with Gasteiger partial charge in [0, 0.05) is 29.1 Å². The van der Waals surface area contributed by atoms with Crippen molar-refractivity contribution in [3.8, 4) is 23.5 Å². The van der Waals surface area contributed by atoms with Crippen molar-refractivity contribution in [3.05, 3.63) is 78.4 Å². The zero-order chi connectivity index (χ0) is 24.5. The molecule has 36 heavy (non-hydrogen) atoms. The zero-order valence-electron chi connectivity index (χ0n) is 19.7. The highest BCUT2D eigenvalue weighted by molar-refractivity contribution is 7.99. The Morgan fingerprint density at radius 3 is 2.64 bits per heavy atom. The second-order valence-electron chi connectivity index (χ2n) is 8.77. The topological polar surface area (TPSA) is 85.3 Å². The Morgan fingerprint density at radius 2 is 1.81 bits per heavy atom. The number of aromatic nitrogens is 4. The number of hydrogen-bond acceptors (Lipinski definition) is 7. The smallest absolute Gasteiger partial charge is 0.213 e. The highest BCUT2D eigenvalue weighted by Gasteiger charge is 2.34. The molecule has 0 spiro atoms. The molecule has 0 saturated carbocycles. The molecular weight excluding hydrogens is 470 g/mol. The van der Waals surface area contributed by atoms with Gasteiger partial charge >= 0.3 is 0 Å². The minimum absolute atomic E-state index is 0.469. The van der Waals surface area contributed by atoms with Gasteiger partial charge in [-0.1, -0.05) is 30.0 Å². The largest absolute Gasteiger partial charge is 0.481 e. The Morgan fingerprint density at radius 1 is 0.972 bits per heavy atom. The van der Waals surface area contributed by atoms with Crippen molar-refractivity contribution in [3.63, 3.8) is 0 Å². The highest BCUT2D eigenvalue weighted by atomic mass is 32.2. The molecule has 0 amide bonds. The average Bonchev–Trinajstić information content (AvgIpc) is 3.38. The number of pyridine rings is 2. The fraction of sp³-hybridized carbons (Fsp3) is 0.214. The fourth-order valence-corrected chi connectivity index (χ4v) is 5.66. The molecule has 1 aliphatic heterocycles. The minimum Gasteiger partial charge on any atom is -0.481 e. The Kier molecular flexibility index (Phi) is 5.80. The van der Waals surface area contributed by atoms with E-state index in [0.29, 0.717) is 30.6 Å². The fourth-order valence-electron chi connectivity index (χ4n) is 4.74. The molecule has 5 aromatic rings. The van der Waals surface area contributed by atoms with Gasteiger partial charge in [-0.05, 0) is 72.3 Å². The summed E-state index contributed by atoms with van der Waals surface area (Å²) in [5.74, 6) is 1.20. The number of methoxy groups -OCH3 is 1. The number of hydrogen-bond donors (Lipinski definition) is 0. The summed E-state index contributed by atoms with van der Waals surface area (Å²) in [4.78, 5) is 6.77. The number of benzene rings is 2. The summed E-state index contributed by atoms with van der Waals surface area (Å²) in [5.41, 5.74) is 3.06. The van der Waals surface area contributed by atoms with Gasteiger partial charge in [0.25, 0.3) is 0 Å². The summed E-state index contributed by atoms with van der Waals surface area (Å²) < 4.78 is 12.8. The second-order valence-corrected chi connectivity index (χ2v) is 9.92. The van der Waals surface area contributed by atoms with E-state index in [1.165, 1.54) is 0 Å². The van der Waals surface area contributed by atoms with Crippen molar-refractivity contribution in [2.24, 2.45) is 0 Å². The molecule has 1 saturated heterocycles. The highest BCUT2D eigenvalue weighted by Crippen LogP contribution is 2.38. The number of fused-ring (bicyclic) bond motifs is 3. The molecule has 0 radical (unpaired) electrons. The third-order valence-electron chi connectivity index (χ3n) is 6.68. The first-order valence-corrected chi connectivity index (χ1v) is 12.6. The van der Waals surface area contributed by atoms with E-state index in [9.17, 15) is 5.26 Å². The number of nitrogens with zero attached hydrogens (tertiary/aromatic N) is 5. The summed E-state index contributed by atoms with van der Waals surface area (Å²) in [6.45, 7) is 1.25. The molecule has 2 aromatic carbocycles. The third kappa shape index (κ3) is 3.96. The summed E-state index contributed by atoms with van der Waals surface area (Å²) in [6, 6.07) is 26.9. The van der Waals surface area contributed by atoms with Crippen molar-refractivity contribution in [2.75, 3.05) is 20.3 Å². The molecule has 178 valence electrons. The van der Waals surface area contributed by atoms with Crippen molar-refractivity contribution >= 4 is 28.3 Å². The molecular formula is C28H23N5O2S. The van der Waals surface area contributed by atoms with Gasteiger partial charge in [0.1, 0.15) is 5.69 Å². The lowest BCUT2D eigenvalue weighted by Gasteiger charge is -2.31. The Balaban J connectivity index is 1.36. The molecule has 7 nitrogen and oxygen atoms in total. The van der Waals surface area contributed by atoms with Gasteiger partial charge in [0.15, 0.2) is 11.5 Å². The number of rotatable bonds is 5. The molecule has 4 heterocycles. The van der Waals surface area contributed by atoms with Crippen LogP contribution in [-0.2, 0) is 10.2 Å². The van der Waals surface area contributed by atoms with Gasteiger partial charge in [-0.25, -0.2) is 4.98 Å². The van der Waals surface area contributed by atoms with Crippen LogP contribution < -0.4 is 4.74 Å². The Labute approximate surface area is 212 Å². The van der Waals surface area contributed by atoms with E-state index in [-0.39, 0.29) is 0 Å². The molecule has 0 aliphatic carbocycles. The molecule has 8 heteroatoms. The number of nitriles is 1. The quantitative estimate of drug-likeness (QED) is 0.312. The predicted molar refractivity (Wildman–Crippen MR) is 138 cm³/mol. The lowest BCUT2D eigenvalue weighted by atomic mass is 9.75. The number of ether oxygens (including phenoxy) is 2. The van der Waals surface area contributed by atoms with Gasteiger partial charge in [-0.15, -0.1) is 10.2 Å². The van der Waals surface area contributed by atoms with E-state index in [0.717, 1.165) is 44.7 Å². The molecule has 3 aromatic heterocycles. The van der Waals surface area contributed by atoms with Crippen LogP contribution in [0.1, 0.15) is 18.4 Å². The van der Waals surface area contributed by atoms with Crippen LogP contribution in [-0.4, -0.2) is 39.9 Å². The maximum atomic E-state index is 9.96. The van der Waals surface area contributed by atoms with Crippen LogP contribution in [0, 0.1) is 11.3 Å². The molecule has 0 bridgehead atoms. The lowest BCUT2D eigenvalue weighted by Crippen LogP contribution is -2.32. The first-order chi connectivity index (χ1) is 17.7. The third-order valence-corrected chi connectivity index (χ3v) is 7.66. The lowest BCUT2D eigenvalue weighted by molar-refractivity contribution is 0.0675. The van der Waals surface area contributed by atoms with Crippen LogP contribution >= 0.6 is 11.8 Å². The normalized spacial score (nSPS) is 15.1. The van der Waals surface area contributed by atoms with E-state index >= 15 is 0 Å². The molecule has 0 atom stereocenters. The second kappa shape index (κ2) is 9.26. The van der Waals surface area contributed by atoms with Crippen LogP contribution in [0.25, 0.3) is 28.1 Å². The first kappa shape index (κ1) is 22.5. The van der Waals surface area contributed by atoms with Crippen LogP contribution in [0.4, 0.5) is 0 Å². The summed E-state index contributed by atoms with van der Waals surface area (Å²) >= 11 is 1.69. The van der Waals surface area contributed by atoms with Crippen molar-refractivity contribution < 1.29 is 9.47 Å². The Hall–Kier alpha value is -3.93. The standard InChI is InChI=1S/C28H23N5O2S/c1-34-26-7-3-6-23(30-26)27-32-31-25-11-8-19-16-22(9-10-24(19)33(25)27)36-21-5-2-4-20(17-21)28(18-29)12-14-35-15-13-28/h2-11,16-17H,12-15H2,1H3. The van der Waals surface area contributed by atoms with Gasteiger partial charge in [0.05, 0.1) is 24.1 Å². The Bertz CT molecular complexity index is 1620. The first-order valence-electron chi connectivity index (χ1n) is 11.8. The van der Waals surface area contributed by atoms with Crippen LogP contribution in [0.15, 0.2) is 82.6 Å². The van der Waals surface area contributed by atoms with Crippen LogP contribution in [0.2, 0.25) is 0 Å². The van der Waals surface area contributed by atoms with E-state index in [1.54, 1.807) is 18.9 Å². The molecule has 1 fully saturated rings. The molecule has 0 unspecified atom stereocenters. The monoisotopic (exact) mass is 493 g/mol. The van der Waals surface area contributed by atoms with Crippen LogP contribution in [0.5, 0.6) is 5.88 Å². The van der Waals surface area contributed by atoms with Gasteiger partial charge in [-0.3, -0.25) is 4.40 Å². The van der Waals surface area contributed by atoms with Crippen LogP contribution in [0.3, 0.4) is 0 Å². The van der Waals surface area contributed by atoms with Crippen molar-refractivity contribution in [2.45, 2.75) is 28.0 Å². The van der Waals surface area contributed by atoms with E-state index in [1.807, 2.05) is 34.7 Å². The maximum Gasteiger partial charge on any atom is 0.213 e. The van der Waals surface area contributed by atoms with E-state index in [2.05, 4.69) is 63.7 Å². The molecule has 1 aliphatic rings. The summed E-state index contributed by atoms with van der Waals surface area (Å²) in [5, 5.41) is 19.8. The van der Waals surface area contributed by atoms with E-state index < -0.39 is 5.41 Å². The minimum atomic E-state index is -0.469. The van der Waals surface area contributed by atoms with E-state index in [4.69, 9.17) is 9.47 Å². The van der Waals surface area contributed by atoms with Crippen molar-refractivity contribution in [1.82, 2.24) is 19.6 Å². The summed E-state index contributed by atoms with van der Waals surface area (Å²) in [7, 11) is 1.60. The van der Waals surface area contributed by atoms with Gasteiger partial charge in [0.2, 0.25) is 5.88 Å². The zero-order valence-corrected chi connectivity index (χ0v) is 20.5. The molecule has 6 rings (SSSR count).